The minimum atomic E-state index is 0.936. The van der Waals surface area contributed by atoms with Crippen LogP contribution in [0.15, 0.2) is 4.52 Å². The Hall–Kier alpha value is -0.870. The second-order valence-electron chi connectivity index (χ2n) is 4.47. The zero-order valence-corrected chi connectivity index (χ0v) is 11.1. The number of hydrogen-bond donors (Lipinski definition) is 0. The predicted molar refractivity (Wildman–Crippen MR) is 65.5 cm³/mol. The lowest BCUT2D eigenvalue weighted by Crippen LogP contribution is -2.31. The largest absolute Gasteiger partial charge is 0.361 e. The van der Waals surface area contributed by atoms with Crippen LogP contribution in [0.2, 0.25) is 0 Å². The van der Waals surface area contributed by atoms with E-state index in [1.165, 1.54) is 5.56 Å². The van der Waals surface area contributed by atoms with Crippen LogP contribution in [0.4, 0.5) is 0 Å². The molecule has 1 aromatic heterocycles. The number of hydrogen-bond acceptors (Lipinski definition) is 4. The highest BCUT2D eigenvalue weighted by atomic mass is 16.5. The third-order valence-corrected chi connectivity index (χ3v) is 2.87. The van der Waals surface area contributed by atoms with Crippen LogP contribution in [-0.4, -0.2) is 48.7 Å². The van der Waals surface area contributed by atoms with Crippen molar-refractivity contribution >= 4 is 0 Å². The lowest BCUT2D eigenvalue weighted by molar-refractivity contribution is 0.242. The van der Waals surface area contributed by atoms with E-state index in [1.807, 2.05) is 13.8 Å². The molecular formula is C12H23N3O. The molecule has 0 N–H and O–H groups in total. The quantitative estimate of drug-likeness (QED) is 0.737. The van der Waals surface area contributed by atoms with Gasteiger partial charge in [0.05, 0.1) is 5.69 Å². The molecule has 0 bridgehead atoms. The molecule has 0 atom stereocenters. The van der Waals surface area contributed by atoms with Gasteiger partial charge in [-0.15, -0.1) is 0 Å². The van der Waals surface area contributed by atoms with Crippen molar-refractivity contribution in [1.29, 1.82) is 0 Å². The molecule has 0 aliphatic heterocycles. The van der Waals surface area contributed by atoms with E-state index in [1.54, 1.807) is 0 Å². The van der Waals surface area contributed by atoms with Crippen molar-refractivity contribution in [3.63, 3.8) is 0 Å². The van der Waals surface area contributed by atoms with Gasteiger partial charge in [0.15, 0.2) is 0 Å². The smallest absolute Gasteiger partial charge is 0.138 e. The van der Waals surface area contributed by atoms with Gasteiger partial charge >= 0.3 is 0 Å². The summed E-state index contributed by atoms with van der Waals surface area (Å²) in [5, 5.41) is 3.99. The summed E-state index contributed by atoms with van der Waals surface area (Å²) in [5.74, 6) is 0.945. The van der Waals surface area contributed by atoms with Crippen LogP contribution in [-0.2, 0) is 6.54 Å². The van der Waals surface area contributed by atoms with E-state index >= 15 is 0 Å². The Kier molecular flexibility index (Phi) is 4.96. The van der Waals surface area contributed by atoms with Gasteiger partial charge in [-0.05, 0) is 34.5 Å². The van der Waals surface area contributed by atoms with E-state index in [-0.39, 0.29) is 0 Å². The Morgan fingerprint density at radius 1 is 1.19 bits per heavy atom. The van der Waals surface area contributed by atoms with E-state index in [2.05, 4.69) is 36.0 Å². The summed E-state index contributed by atoms with van der Waals surface area (Å²) in [5.41, 5.74) is 2.25. The summed E-state index contributed by atoms with van der Waals surface area (Å²) in [7, 11) is 4.20. The molecule has 0 saturated carbocycles. The van der Waals surface area contributed by atoms with Crippen molar-refractivity contribution < 1.29 is 4.52 Å². The fraction of sp³-hybridized carbons (Fsp3) is 0.750. The molecule has 1 rings (SSSR count). The molecule has 1 heterocycles. The van der Waals surface area contributed by atoms with Crippen LogP contribution in [0, 0.1) is 13.8 Å². The number of likely N-dealkylation sites (N-methyl/N-ethyl adjacent to an activating group) is 2. The standard InChI is InChI=1S/C12H23N3O/c1-6-15(8-7-14(4)5)9-12-10(2)13-16-11(12)3/h6-9H2,1-5H3. The van der Waals surface area contributed by atoms with Crippen LogP contribution in [0.5, 0.6) is 0 Å². The summed E-state index contributed by atoms with van der Waals surface area (Å²) in [6, 6.07) is 0. The third kappa shape index (κ3) is 3.61. The van der Waals surface area contributed by atoms with Crippen LogP contribution in [0.3, 0.4) is 0 Å². The van der Waals surface area contributed by atoms with E-state index < -0.39 is 0 Å². The van der Waals surface area contributed by atoms with Gasteiger partial charge in [0.2, 0.25) is 0 Å². The molecule has 4 heteroatoms. The molecule has 0 radical (unpaired) electrons. The topological polar surface area (TPSA) is 32.5 Å². The van der Waals surface area contributed by atoms with E-state index in [0.717, 1.165) is 37.6 Å². The highest BCUT2D eigenvalue weighted by Gasteiger charge is 2.12. The number of nitrogens with zero attached hydrogens (tertiary/aromatic N) is 3. The van der Waals surface area contributed by atoms with Gasteiger partial charge in [-0.1, -0.05) is 12.1 Å². The third-order valence-electron chi connectivity index (χ3n) is 2.87. The van der Waals surface area contributed by atoms with Gasteiger partial charge in [0.1, 0.15) is 5.76 Å². The maximum Gasteiger partial charge on any atom is 0.138 e. The molecule has 0 fully saturated rings. The normalized spacial score (nSPS) is 11.7. The maximum absolute atomic E-state index is 5.18. The van der Waals surface area contributed by atoms with Gasteiger partial charge in [0.25, 0.3) is 0 Å². The average molecular weight is 225 g/mol. The molecule has 0 saturated heterocycles. The highest BCUT2D eigenvalue weighted by Crippen LogP contribution is 2.14. The second kappa shape index (κ2) is 6.01. The van der Waals surface area contributed by atoms with Crippen LogP contribution in [0.25, 0.3) is 0 Å². The zero-order chi connectivity index (χ0) is 12.1. The summed E-state index contributed by atoms with van der Waals surface area (Å²) >= 11 is 0. The van der Waals surface area contributed by atoms with Crippen LogP contribution >= 0.6 is 0 Å². The van der Waals surface area contributed by atoms with Crippen molar-refractivity contribution in [2.24, 2.45) is 0 Å². The molecule has 16 heavy (non-hydrogen) atoms. The zero-order valence-electron chi connectivity index (χ0n) is 11.1. The molecule has 92 valence electrons. The van der Waals surface area contributed by atoms with Gasteiger partial charge in [-0.2, -0.15) is 0 Å². The average Bonchev–Trinajstić information content (AvgIpc) is 2.54. The Balaban J connectivity index is 2.56. The first-order valence-corrected chi connectivity index (χ1v) is 5.83. The molecular weight excluding hydrogens is 202 g/mol. The summed E-state index contributed by atoms with van der Waals surface area (Å²) < 4.78 is 5.18. The van der Waals surface area contributed by atoms with Crippen molar-refractivity contribution in [2.45, 2.75) is 27.3 Å². The fourth-order valence-corrected chi connectivity index (χ4v) is 1.64. The SMILES string of the molecule is CCN(CCN(C)C)Cc1c(C)noc1C. The Morgan fingerprint density at radius 3 is 2.31 bits per heavy atom. The summed E-state index contributed by atoms with van der Waals surface area (Å²) in [4.78, 5) is 4.61. The molecule has 0 unspecified atom stereocenters. The number of rotatable bonds is 6. The Labute approximate surface area is 98.2 Å². The Morgan fingerprint density at radius 2 is 1.88 bits per heavy atom. The number of aromatic nitrogens is 1. The molecule has 0 spiro atoms. The lowest BCUT2D eigenvalue weighted by Gasteiger charge is -2.22. The molecule has 0 aromatic carbocycles. The maximum atomic E-state index is 5.18. The van der Waals surface area contributed by atoms with Crippen LogP contribution < -0.4 is 0 Å². The summed E-state index contributed by atoms with van der Waals surface area (Å²) in [6.07, 6.45) is 0. The van der Waals surface area contributed by atoms with Gasteiger partial charge in [-0.3, -0.25) is 4.90 Å². The first kappa shape index (κ1) is 13.2. The summed E-state index contributed by atoms with van der Waals surface area (Å²) in [6.45, 7) is 10.3. The van der Waals surface area contributed by atoms with Crippen LogP contribution in [0.1, 0.15) is 23.9 Å². The Bertz CT molecular complexity index is 301. The first-order valence-electron chi connectivity index (χ1n) is 5.83. The molecule has 4 nitrogen and oxygen atoms in total. The molecule has 0 aliphatic rings. The molecule has 0 aliphatic carbocycles. The molecule has 0 amide bonds. The minimum absolute atomic E-state index is 0.936. The first-order chi connectivity index (χ1) is 7.54. The fourth-order valence-electron chi connectivity index (χ4n) is 1.64. The predicted octanol–water partition coefficient (Wildman–Crippen LogP) is 1.67. The van der Waals surface area contributed by atoms with Crippen molar-refractivity contribution in [1.82, 2.24) is 15.0 Å². The minimum Gasteiger partial charge on any atom is -0.361 e. The van der Waals surface area contributed by atoms with Gasteiger partial charge in [0, 0.05) is 25.2 Å². The lowest BCUT2D eigenvalue weighted by atomic mass is 10.2. The monoisotopic (exact) mass is 225 g/mol. The van der Waals surface area contributed by atoms with E-state index in [4.69, 9.17) is 4.52 Å². The van der Waals surface area contributed by atoms with E-state index in [9.17, 15) is 0 Å². The highest BCUT2D eigenvalue weighted by molar-refractivity contribution is 5.20. The molecule has 1 aromatic rings. The van der Waals surface area contributed by atoms with E-state index in [0.29, 0.717) is 0 Å². The second-order valence-corrected chi connectivity index (χ2v) is 4.47. The van der Waals surface area contributed by atoms with Crippen molar-refractivity contribution in [3.05, 3.63) is 17.0 Å². The van der Waals surface area contributed by atoms with Crippen molar-refractivity contribution in [3.8, 4) is 0 Å². The number of aryl methyl sites for hydroxylation is 2. The van der Waals surface area contributed by atoms with Crippen molar-refractivity contribution in [2.75, 3.05) is 33.7 Å². The van der Waals surface area contributed by atoms with Gasteiger partial charge < -0.3 is 9.42 Å². The van der Waals surface area contributed by atoms with Gasteiger partial charge in [-0.25, -0.2) is 0 Å².